The van der Waals surface area contributed by atoms with E-state index in [1.54, 1.807) is 0 Å². The second-order valence-electron chi connectivity index (χ2n) is 6.27. The van der Waals surface area contributed by atoms with Gasteiger partial charge < -0.3 is 19.5 Å². The fourth-order valence-electron chi connectivity index (χ4n) is 2.20. The van der Waals surface area contributed by atoms with Crippen molar-refractivity contribution in [2.24, 2.45) is 5.92 Å². The van der Waals surface area contributed by atoms with Crippen LogP contribution in [0.2, 0.25) is 0 Å². The van der Waals surface area contributed by atoms with Gasteiger partial charge in [0.2, 0.25) is 0 Å². The van der Waals surface area contributed by atoms with Gasteiger partial charge in [-0.3, -0.25) is 0 Å². The molecule has 0 heterocycles. The summed E-state index contributed by atoms with van der Waals surface area (Å²) in [4.78, 5) is 0. The van der Waals surface area contributed by atoms with E-state index in [1.807, 2.05) is 43.3 Å². The van der Waals surface area contributed by atoms with Gasteiger partial charge >= 0.3 is 0 Å². The van der Waals surface area contributed by atoms with Gasteiger partial charge in [-0.15, -0.1) is 0 Å². The molecule has 25 heavy (non-hydrogen) atoms. The number of ether oxygens (including phenoxy) is 3. The lowest BCUT2D eigenvalue weighted by molar-refractivity contribution is 0.110. The molecule has 2 rings (SSSR count). The van der Waals surface area contributed by atoms with Crippen LogP contribution in [0.4, 0.5) is 5.69 Å². The quantitative estimate of drug-likeness (QED) is 0.598. The van der Waals surface area contributed by atoms with E-state index in [2.05, 4.69) is 31.3 Å². The summed E-state index contributed by atoms with van der Waals surface area (Å²) < 4.78 is 16.6. The van der Waals surface area contributed by atoms with Crippen molar-refractivity contribution in [3.05, 3.63) is 54.1 Å². The van der Waals surface area contributed by atoms with E-state index in [0.717, 1.165) is 36.9 Å². The summed E-state index contributed by atoms with van der Waals surface area (Å²) in [5.74, 6) is 2.32. The molecule has 4 heteroatoms. The van der Waals surface area contributed by atoms with Crippen molar-refractivity contribution in [2.45, 2.75) is 27.3 Å². The SMILES string of the molecule is CCOCCOc1ccc(NCc2ccc(OCC(C)C)cc2)cc1. The Balaban J connectivity index is 1.75. The summed E-state index contributed by atoms with van der Waals surface area (Å²) in [6.07, 6.45) is 0. The molecule has 0 spiro atoms. The summed E-state index contributed by atoms with van der Waals surface area (Å²) in [5, 5.41) is 3.41. The largest absolute Gasteiger partial charge is 0.493 e. The lowest BCUT2D eigenvalue weighted by atomic mass is 10.2. The van der Waals surface area contributed by atoms with E-state index in [0.29, 0.717) is 19.1 Å². The van der Waals surface area contributed by atoms with Gasteiger partial charge in [-0.25, -0.2) is 0 Å². The van der Waals surface area contributed by atoms with Crippen molar-refractivity contribution < 1.29 is 14.2 Å². The van der Waals surface area contributed by atoms with Crippen molar-refractivity contribution in [3.63, 3.8) is 0 Å². The molecule has 0 atom stereocenters. The van der Waals surface area contributed by atoms with Gasteiger partial charge in [0.25, 0.3) is 0 Å². The van der Waals surface area contributed by atoms with E-state index >= 15 is 0 Å². The van der Waals surface area contributed by atoms with Gasteiger partial charge in [0.1, 0.15) is 18.1 Å². The van der Waals surface area contributed by atoms with Crippen LogP contribution in [0.15, 0.2) is 48.5 Å². The molecule has 0 saturated carbocycles. The first-order valence-electron chi connectivity index (χ1n) is 8.93. The molecular weight excluding hydrogens is 314 g/mol. The predicted molar refractivity (Wildman–Crippen MR) is 103 cm³/mol. The fraction of sp³-hybridized carbons (Fsp3) is 0.429. The lowest BCUT2D eigenvalue weighted by Gasteiger charge is -2.11. The summed E-state index contributed by atoms with van der Waals surface area (Å²) in [7, 11) is 0. The topological polar surface area (TPSA) is 39.7 Å². The van der Waals surface area contributed by atoms with Gasteiger partial charge in [-0.05, 0) is 54.8 Å². The molecule has 0 saturated heterocycles. The Labute approximate surface area is 151 Å². The number of hydrogen-bond donors (Lipinski definition) is 1. The zero-order valence-electron chi connectivity index (χ0n) is 15.5. The second-order valence-corrected chi connectivity index (χ2v) is 6.27. The third kappa shape index (κ3) is 7.48. The van der Waals surface area contributed by atoms with Crippen LogP contribution in [0.3, 0.4) is 0 Å². The van der Waals surface area contributed by atoms with Crippen LogP contribution < -0.4 is 14.8 Å². The number of rotatable bonds is 11. The normalized spacial score (nSPS) is 10.7. The molecular formula is C21H29NO3. The minimum atomic E-state index is 0.535. The molecule has 0 fully saturated rings. The van der Waals surface area contributed by atoms with Crippen LogP contribution in [0, 0.1) is 5.92 Å². The monoisotopic (exact) mass is 343 g/mol. The van der Waals surface area contributed by atoms with E-state index in [4.69, 9.17) is 14.2 Å². The Morgan fingerprint density at radius 2 is 1.48 bits per heavy atom. The summed E-state index contributed by atoms with van der Waals surface area (Å²) in [6.45, 7) is 9.70. The van der Waals surface area contributed by atoms with Crippen molar-refractivity contribution in [1.82, 2.24) is 0 Å². The highest BCUT2D eigenvalue weighted by atomic mass is 16.5. The minimum absolute atomic E-state index is 0.535. The molecule has 2 aromatic carbocycles. The molecule has 0 aromatic heterocycles. The summed E-state index contributed by atoms with van der Waals surface area (Å²) in [5.41, 5.74) is 2.28. The smallest absolute Gasteiger partial charge is 0.119 e. The van der Waals surface area contributed by atoms with Crippen LogP contribution in [-0.2, 0) is 11.3 Å². The van der Waals surface area contributed by atoms with E-state index in [-0.39, 0.29) is 0 Å². The van der Waals surface area contributed by atoms with Crippen LogP contribution >= 0.6 is 0 Å². The van der Waals surface area contributed by atoms with Gasteiger partial charge in [0, 0.05) is 18.8 Å². The van der Waals surface area contributed by atoms with Gasteiger partial charge in [-0.2, -0.15) is 0 Å². The molecule has 1 N–H and O–H groups in total. The van der Waals surface area contributed by atoms with E-state index in [9.17, 15) is 0 Å². The standard InChI is InChI=1S/C21H29NO3/c1-4-23-13-14-24-20-11-7-19(8-12-20)22-15-18-5-9-21(10-6-18)25-16-17(2)3/h5-12,17,22H,4,13-16H2,1-3H3. The Morgan fingerprint density at radius 3 is 2.12 bits per heavy atom. The third-order valence-electron chi connectivity index (χ3n) is 3.56. The molecule has 0 aliphatic rings. The van der Waals surface area contributed by atoms with Crippen LogP contribution in [-0.4, -0.2) is 26.4 Å². The molecule has 0 aliphatic heterocycles. The first-order chi connectivity index (χ1) is 12.2. The first kappa shape index (κ1) is 19.1. The Bertz CT molecular complexity index is 594. The van der Waals surface area contributed by atoms with E-state index in [1.165, 1.54) is 5.56 Å². The molecule has 0 unspecified atom stereocenters. The Hall–Kier alpha value is -2.20. The van der Waals surface area contributed by atoms with Crippen LogP contribution in [0.1, 0.15) is 26.3 Å². The molecule has 0 aliphatic carbocycles. The summed E-state index contributed by atoms with van der Waals surface area (Å²) in [6, 6.07) is 16.2. The van der Waals surface area contributed by atoms with Crippen molar-refractivity contribution in [2.75, 3.05) is 31.7 Å². The highest BCUT2D eigenvalue weighted by Gasteiger charge is 1.99. The molecule has 0 amide bonds. The number of nitrogens with one attached hydrogen (secondary N) is 1. The third-order valence-corrected chi connectivity index (χ3v) is 3.56. The highest BCUT2D eigenvalue weighted by Crippen LogP contribution is 2.18. The zero-order chi connectivity index (χ0) is 17.9. The van der Waals surface area contributed by atoms with Crippen molar-refractivity contribution in [3.8, 4) is 11.5 Å². The average Bonchev–Trinajstić information content (AvgIpc) is 2.63. The predicted octanol–water partition coefficient (Wildman–Crippen LogP) is 4.75. The van der Waals surface area contributed by atoms with Crippen LogP contribution in [0.25, 0.3) is 0 Å². The number of anilines is 1. The fourth-order valence-corrected chi connectivity index (χ4v) is 2.20. The second kappa shape index (κ2) is 10.6. The average molecular weight is 343 g/mol. The number of hydrogen-bond acceptors (Lipinski definition) is 4. The minimum Gasteiger partial charge on any atom is -0.493 e. The van der Waals surface area contributed by atoms with Crippen molar-refractivity contribution in [1.29, 1.82) is 0 Å². The molecule has 2 aromatic rings. The Kier molecular flexibility index (Phi) is 8.13. The highest BCUT2D eigenvalue weighted by molar-refractivity contribution is 5.47. The van der Waals surface area contributed by atoms with E-state index < -0.39 is 0 Å². The molecule has 136 valence electrons. The summed E-state index contributed by atoms with van der Waals surface area (Å²) >= 11 is 0. The molecule has 4 nitrogen and oxygen atoms in total. The first-order valence-corrected chi connectivity index (χ1v) is 8.93. The maximum Gasteiger partial charge on any atom is 0.119 e. The Morgan fingerprint density at radius 1 is 0.840 bits per heavy atom. The lowest BCUT2D eigenvalue weighted by Crippen LogP contribution is -2.06. The van der Waals surface area contributed by atoms with Crippen LogP contribution in [0.5, 0.6) is 11.5 Å². The van der Waals surface area contributed by atoms with Crippen molar-refractivity contribution >= 4 is 5.69 Å². The number of benzene rings is 2. The maximum absolute atomic E-state index is 5.70. The van der Waals surface area contributed by atoms with Gasteiger partial charge in [0.05, 0.1) is 13.2 Å². The molecule has 0 radical (unpaired) electrons. The maximum atomic E-state index is 5.70. The molecule has 0 bridgehead atoms. The zero-order valence-corrected chi connectivity index (χ0v) is 15.5. The van der Waals surface area contributed by atoms with Gasteiger partial charge in [-0.1, -0.05) is 26.0 Å². The van der Waals surface area contributed by atoms with Gasteiger partial charge in [0.15, 0.2) is 0 Å².